The first-order valence-corrected chi connectivity index (χ1v) is 7.19. The van der Waals surface area contributed by atoms with Crippen LogP contribution in [0.3, 0.4) is 0 Å². The molecule has 1 saturated heterocycles. The van der Waals surface area contributed by atoms with Gasteiger partial charge in [0.05, 0.1) is 0 Å². The maximum atomic E-state index is 12.2. The lowest BCUT2D eigenvalue weighted by atomic mass is 10.1. The van der Waals surface area contributed by atoms with Gasteiger partial charge >= 0.3 is 0 Å². The van der Waals surface area contributed by atoms with Gasteiger partial charge in [-0.25, -0.2) is 0 Å². The lowest BCUT2D eigenvalue weighted by Crippen LogP contribution is -2.41. The van der Waals surface area contributed by atoms with E-state index in [1.165, 1.54) is 18.4 Å². The summed E-state index contributed by atoms with van der Waals surface area (Å²) in [7, 11) is 0. The molecule has 2 heterocycles. The molecule has 1 unspecified atom stereocenters. The van der Waals surface area contributed by atoms with Crippen LogP contribution in [-0.4, -0.2) is 41.5 Å². The molecule has 1 aromatic rings. The van der Waals surface area contributed by atoms with Crippen molar-refractivity contribution in [1.82, 2.24) is 15.2 Å². The number of nitrogens with zero attached hydrogens (tertiary/aromatic N) is 2. The molecule has 1 aliphatic heterocycles. The van der Waals surface area contributed by atoms with E-state index >= 15 is 0 Å². The van der Waals surface area contributed by atoms with E-state index in [1.54, 1.807) is 12.4 Å². The Balaban J connectivity index is 1.79. The van der Waals surface area contributed by atoms with Crippen LogP contribution in [-0.2, 0) is 11.2 Å². The second kappa shape index (κ2) is 7.24. The van der Waals surface area contributed by atoms with Gasteiger partial charge in [0.1, 0.15) is 0 Å². The third kappa shape index (κ3) is 4.31. The molecule has 0 aliphatic carbocycles. The van der Waals surface area contributed by atoms with Crippen molar-refractivity contribution in [2.24, 2.45) is 0 Å². The molecule has 0 radical (unpaired) electrons. The van der Waals surface area contributed by atoms with Crippen LogP contribution in [0.1, 0.15) is 31.7 Å². The lowest BCUT2D eigenvalue weighted by molar-refractivity contribution is -0.131. The largest absolute Gasteiger partial charge is 0.341 e. The molecule has 0 saturated carbocycles. The van der Waals surface area contributed by atoms with Crippen LogP contribution in [0.2, 0.25) is 0 Å². The number of pyridine rings is 1. The van der Waals surface area contributed by atoms with Gasteiger partial charge in [-0.1, -0.05) is 0 Å². The van der Waals surface area contributed by atoms with Crippen molar-refractivity contribution in [2.75, 3.05) is 19.6 Å². The quantitative estimate of drug-likeness (QED) is 0.846. The molecule has 0 aromatic carbocycles. The van der Waals surface area contributed by atoms with E-state index in [9.17, 15) is 4.79 Å². The first kappa shape index (κ1) is 14.0. The zero-order valence-corrected chi connectivity index (χ0v) is 11.6. The van der Waals surface area contributed by atoms with Crippen LogP contribution in [0.5, 0.6) is 0 Å². The van der Waals surface area contributed by atoms with Gasteiger partial charge < -0.3 is 10.2 Å². The Labute approximate surface area is 115 Å². The highest BCUT2D eigenvalue weighted by molar-refractivity contribution is 5.76. The zero-order chi connectivity index (χ0) is 13.5. The summed E-state index contributed by atoms with van der Waals surface area (Å²) in [5, 5.41) is 3.45. The minimum absolute atomic E-state index is 0.257. The van der Waals surface area contributed by atoms with Gasteiger partial charge in [0.15, 0.2) is 0 Å². The van der Waals surface area contributed by atoms with Crippen molar-refractivity contribution in [3.05, 3.63) is 30.1 Å². The molecule has 1 aromatic heterocycles. The Morgan fingerprint density at radius 3 is 2.89 bits per heavy atom. The predicted molar refractivity (Wildman–Crippen MR) is 75.8 cm³/mol. The fraction of sp³-hybridized carbons (Fsp3) is 0.600. The number of likely N-dealkylation sites (N-methyl/N-ethyl adjacent to an activating group) is 1. The number of amides is 1. The second-order valence-corrected chi connectivity index (χ2v) is 5.08. The van der Waals surface area contributed by atoms with Crippen molar-refractivity contribution >= 4 is 5.91 Å². The number of rotatable bonds is 6. The summed E-state index contributed by atoms with van der Waals surface area (Å²) < 4.78 is 0. The van der Waals surface area contributed by atoms with Crippen molar-refractivity contribution in [2.45, 2.75) is 38.6 Å². The summed E-state index contributed by atoms with van der Waals surface area (Å²) in [4.78, 5) is 18.2. The maximum Gasteiger partial charge on any atom is 0.222 e. The van der Waals surface area contributed by atoms with Crippen molar-refractivity contribution < 1.29 is 4.79 Å². The molecule has 1 fully saturated rings. The molecule has 4 nitrogen and oxygen atoms in total. The van der Waals surface area contributed by atoms with Crippen molar-refractivity contribution in [3.8, 4) is 0 Å². The van der Waals surface area contributed by atoms with Gasteiger partial charge in [-0.15, -0.1) is 0 Å². The smallest absolute Gasteiger partial charge is 0.222 e. The fourth-order valence-corrected chi connectivity index (χ4v) is 2.54. The molecule has 0 bridgehead atoms. The van der Waals surface area contributed by atoms with Gasteiger partial charge in [-0.3, -0.25) is 9.78 Å². The van der Waals surface area contributed by atoms with Crippen LogP contribution in [0.15, 0.2) is 24.5 Å². The average Bonchev–Trinajstić information content (AvgIpc) is 2.96. The van der Waals surface area contributed by atoms with Gasteiger partial charge in [-0.05, 0) is 50.4 Å². The Morgan fingerprint density at radius 1 is 1.47 bits per heavy atom. The second-order valence-electron chi connectivity index (χ2n) is 5.08. The first-order chi connectivity index (χ1) is 9.29. The minimum atomic E-state index is 0.257. The van der Waals surface area contributed by atoms with E-state index in [2.05, 4.69) is 17.2 Å². The fourth-order valence-electron chi connectivity index (χ4n) is 2.54. The number of hydrogen-bond acceptors (Lipinski definition) is 3. The number of hydrogen-bond donors (Lipinski definition) is 1. The van der Waals surface area contributed by atoms with E-state index in [0.29, 0.717) is 12.5 Å². The van der Waals surface area contributed by atoms with E-state index in [4.69, 9.17) is 0 Å². The van der Waals surface area contributed by atoms with Crippen molar-refractivity contribution in [1.29, 1.82) is 0 Å². The molecule has 1 N–H and O–H groups in total. The number of aromatic nitrogens is 1. The summed E-state index contributed by atoms with van der Waals surface area (Å²) in [6.45, 7) is 4.80. The lowest BCUT2D eigenvalue weighted by Gasteiger charge is -2.24. The van der Waals surface area contributed by atoms with Crippen molar-refractivity contribution in [3.63, 3.8) is 0 Å². The topological polar surface area (TPSA) is 45.2 Å². The summed E-state index contributed by atoms with van der Waals surface area (Å²) in [6.07, 6.45) is 7.36. The Kier molecular flexibility index (Phi) is 5.33. The number of aryl methyl sites for hydroxylation is 1. The van der Waals surface area contributed by atoms with Crippen LogP contribution in [0.25, 0.3) is 0 Å². The van der Waals surface area contributed by atoms with Crippen LogP contribution in [0.4, 0.5) is 0 Å². The molecule has 4 heteroatoms. The molecular weight excluding hydrogens is 238 g/mol. The molecule has 1 amide bonds. The average molecular weight is 261 g/mol. The van der Waals surface area contributed by atoms with Gasteiger partial charge in [0, 0.05) is 37.9 Å². The summed E-state index contributed by atoms with van der Waals surface area (Å²) in [6, 6.07) is 4.44. The number of carbonyl (C=O) groups excluding carboxylic acids is 1. The molecule has 0 spiro atoms. The third-order valence-electron chi connectivity index (χ3n) is 3.71. The van der Waals surface area contributed by atoms with E-state index in [-0.39, 0.29) is 5.91 Å². The van der Waals surface area contributed by atoms with Gasteiger partial charge in [0.25, 0.3) is 0 Å². The summed E-state index contributed by atoms with van der Waals surface area (Å²) >= 11 is 0. The first-order valence-electron chi connectivity index (χ1n) is 7.19. The molecule has 19 heavy (non-hydrogen) atoms. The number of carbonyl (C=O) groups is 1. The molecule has 1 atom stereocenters. The SMILES string of the molecule is CCN(CC1CCCN1)C(=O)CCc1ccncc1. The van der Waals surface area contributed by atoms with E-state index in [0.717, 1.165) is 26.1 Å². The molecule has 104 valence electrons. The maximum absolute atomic E-state index is 12.2. The highest BCUT2D eigenvalue weighted by atomic mass is 16.2. The molecule has 2 rings (SSSR count). The summed E-state index contributed by atoms with van der Waals surface area (Å²) in [5.41, 5.74) is 1.18. The Bertz CT molecular complexity index is 388. The van der Waals surface area contributed by atoms with Crippen LogP contribution >= 0.6 is 0 Å². The third-order valence-corrected chi connectivity index (χ3v) is 3.71. The Morgan fingerprint density at radius 2 is 2.26 bits per heavy atom. The monoisotopic (exact) mass is 261 g/mol. The molecular formula is C15H23N3O. The van der Waals surface area contributed by atoms with Gasteiger partial charge in [0.2, 0.25) is 5.91 Å². The van der Waals surface area contributed by atoms with Gasteiger partial charge in [-0.2, -0.15) is 0 Å². The van der Waals surface area contributed by atoms with Crippen LogP contribution < -0.4 is 5.32 Å². The van der Waals surface area contributed by atoms with E-state index in [1.807, 2.05) is 17.0 Å². The minimum Gasteiger partial charge on any atom is -0.341 e. The number of nitrogens with one attached hydrogen (secondary N) is 1. The zero-order valence-electron chi connectivity index (χ0n) is 11.6. The standard InChI is InChI=1S/C15H23N3O/c1-2-18(12-14-4-3-9-17-14)15(19)6-5-13-7-10-16-11-8-13/h7-8,10-11,14,17H,2-6,9,12H2,1H3. The Hall–Kier alpha value is -1.42. The summed E-state index contributed by atoms with van der Waals surface area (Å²) in [5.74, 6) is 0.257. The van der Waals surface area contributed by atoms with E-state index < -0.39 is 0 Å². The van der Waals surface area contributed by atoms with Crippen LogP contribution in [0, 0.1) is 0 Å². The highest BCUT2D eigenvalue weighted by Crippen LogP contribution is 2.09. The predicted octanol–water partition coefficient (Wildman–Crippen LogP) is 1.61. The normalized spacial score (nSPS) is 18.5. The molecule has 1 aliphatic rings. The highest BCUT2D eigenvalue weighted by Gasteiger charge is 2.20.